The lowest BCUT2D eigenvalue weighted by Crippen LogP contribution is -2.43. The van der Waals surface area contributed by atoms with E-state index in [4.69, 9.17) is 0 Å². The maximum Gasteiger partial charge on any atom is 0.329 e. The number of carboxylic acids is 1. The smallest absolute Gasteiger partial charge is 0.329 e. The molecule has 0 heterocycles. The zero-order valence-corrected chi connectivity index (χ0v) is 12.6. The summed E-state index contributed by atoms with van der Waals surface area (Å²) in [5.74, 6) is -0.323. The summed E-state index contributed by atoms with van der Waals surface area (Å²) in [6.45, 7) is 5.93. The van der Waals surface area contributed by atoms with E-state index in [9.17, 15) is 9.90 Å². The first kappa shape index (κ1) is 15.0. The summed E-state index contributed by atoms with van der Waals surface area (Å²) in [5, 5.41) is 12.5. The number of carboxylic acid groups (broad SMARTS) is 1. The number of rotatable bonds is 6. The van der Waals surface area contributed by atoms with Gasteiger partial charge in [0.15, 0.2) is 0 Å². The summed E-state index contributed by atoms with van der Waals surface area (Å²) < 4.78 is 0.934. The fourth-order valence-electron chi connectivity index (χ4n) is 1.69. The highest BCUT2D eigenvalue weighted by Gasteiger charge is 2.32. The van der Waals surface area contributed by atoms with Gasteiger partial charge < -0.3 is 10.4 Å². The van der Waals surface area contributed by atoms with Crippen LogP contribution in [0.5, 0.6) is 0 Å². The summed E-state index contributed by atoms with van der Waals surface area (Å²) in [6.07, 6.45) is 1.48. The fourth-order valence-corrected chi connectivity index (χ4v) is 2.08. The van der Waals surface area contributed by atoms with Crippen LogP contribution < -0.4 is 5.32 Å². The molecule has 4 heteroatoms. The lowest BCUT2D eigenvalue weighted by molar-refractivity contribution is -0.142. The third kappa shape index (κ3) is 4.33. The van der Waals surface area contributed by atoms with E-state index in [1.54, 1.807) is 6.92 Å². The first-order valence-electron chi connectivity index (χ1n) is 6.10. The van der Waals surface area contributed by atoms with Crippen molar-refractivity contribution in [2.75, 3.05) is 5.32 Å². The zero-order chi connectivity index (χ0) is 13.8. The molecule has 18 heavy (non-hydrogen) atoms. The van der Waals surface area contributed by atoms with Gasteiger partial charge in [-0.05, 0) is 43.9 Å². The van der Waals surface area contributed by atoms with Crippen LogP contribution in [-0.2, 0) is 4.79 Å². The normalized spacial score (nSPS) is 14.3. The third-order valence-electron chi connectivity index (χ3n) is 2.94. The van der Waals surface area contributed by atoms with E-state index in [2.05, 4.69) is 35.1 Å². The summed E-state index contributed by atoms with van der Waals surface area (Å²) in [6, 6.07) is 7.56. The first-order valence-corrected chi connectivity index (χ1v) is 6.90. The molecular weight excluding hydrogens is 294 g/mol. The molecule has 1 aromatic rings. The maximum atomic E-state index is 11.4. The van der Waals surface area contributed by atoms with Gasteiger partial charge in [-0.15, -0.1) is 0 Å². The van der Waals surface area contributed by atoms with Crippen molar-refractivity contribution in [1.82, 2.24) is 0 Å². The summed E-state index contributed by atoms with van der Waals surface area (Å²) in [5.41, 5.74) is -0.108. The molecule has 1 rings (SSSR count). The lowest BCUT2D eigenvalue weighted by Gasteiger charge is -2.28. The van der Waals surface area contributed by atoms with E-state index in [1.807, 2.05) is 24.3 Å². The molecule has 1 unspecified atom stereocenters. The summed E-state index contributed by atoms with van der Waals surface area (Å²) >= 11 is 3.38. The minimum absolute atomic E-state index is 0.494. The quantitative estimate of drug-likeness (QED) is 0.829. The second-order valence-electron chi connectivity index (χ2n) is 5.21. The standard InChI is InChI=1S/C14H20BrNO2/c1-10(2)7-8-14(3,13(17)18)16-12-6-4-5-11(15)9-12/h4-6,9-10,16H,7-8H2,1-3H3,(H,17,18). The number of anilines is 1. The predicted octanol–water partition coefficient (Wildman–Crippen LogP) is 4.14. The van der Waals surface area contributed by atoms with Crippen molar-refractivity contribution in [2.24, 2.45) is 5.92 Å². The van der Waals surface area contributed by atoms with Crippen molar-refractivity contribution >= 4 is 27.6 Å². The predicted molar refractivity (Wildman–Crippen MR) is 77.9 cm³/mol. The maximum absolute atomic E-state index is 11.4. The van der Waals surface area contributed by atoms with Gasteiger partial charge in [-0.3, -0.25) is 0 Å². The van der Waals surface area contributed by atoms with Crippen LogP contribution >= 0.6 is 15.9 Å². The molecule has 3 nitrogen and oxygen atoms in total. The number of halogens is 1. The van der Waals surface area contributed by atoms with E-state index in [-0.39, 0.29) is 0 Å². The number of nitrogens with one attached hydrogen (secondary N) is 1. The van der Waals surface area contributed by atoms with E-state index in [0.717, 1.165) is 16.6 Å². The van der Waals surface area contributed by atoms with Gasteiger partial charge in [0.05, 0.1) is 0 Å². The van der Waals surface area contributed by atoms with Gasteiger partial charge in [0.2, 0.25) is 0 Å². The number of hydrogen-bond donors (Lipinski definition) is 2. The van der Waals surface area contributed by atoms with Gasteiger partial charge in [0.1, 0.15) is 5.54 Å². The average Bonchev–Trinajstić information content (AvgIpc) is 2.26. The van der Waals surface area contributed by atoms with Gasteiger partial charge in [-0.1, -0.05) is 35.8 Å². The zero-order valence-electron chi connectivity index (χ0n) is 11.0. The van der Waals surface area contributed by atoms with Gasteiger partial charge in [0, 0.05) is 10.2 Å². The molecule has 0 bridgehead atoms. The number of aliphatic carboxylic acids is 1. The summed E-state index contributed by atoms with van der Waals surface area (Å²) in [7, 11) is 0. The van der Waals surface area contributed by atoms with Crippen LogP contribution in [0, 0.1) is 5.92 Å². The molecule has 0 amide bonds. The molecule has 1 aromatic carbocycles. The Morgan fingerprint density at radius 3 is 2.67 bits per heavy atom. The van der Waals surface area contributed by atoms with Crippen LogP contribution in [0.15, 0.2) is 28.7 Å². The second kappa shape index (κ2) is 6.23. The van der Waals surface area contributed by atoms with Crippen LogP contribution in [0.4, 0.5) is 5.69 Å². The van der Waals surface area contributed by atoms with E-state index in [0.29, 0.717) is 12.3 Å². The molecule has 1 atom stereocenters. The van der Waals surface area contributed by atoms with Crippen LogP contribution in [0.25, 0.3) is 0 Å². The Morgan fingerprint density at radius 2 is 2.17 bits per heavy atom. The highest BCUT2D eigenvalue weighted by molar-refractivity contribution is 9.10. The number of hydrogen-bond acceptors (Lipinski definition) is 2. The SMILES string of the molecule is CC(C)CCC(C)(Nc1cccc(Br)c1)C(=O)O. The van der Waals surface area contributed by atoms with Crippen LogP contribution in [0.3, 0.4) is 0 Å². The molecule has 0 aliphatic carbocycles. The number of carbonyl (C=O) groups is 1. The molecule has 0 radical (unpaired) electrons. The van der Waals surface area contributed by atoms with Gasteiger partial charge in [-0.2, -0.15) is 0 Å². The van der Waals surface area contributed by atoms with Crippen molar-refractivity contribution in [3.63, 3.8) is 0 Å². The Kier molecular flexibility index (Phi) is 5.20. The van der Waals surface area contributed by atoms with Crippen LogP contribution in [0.2, 0.25) is 0 Å². The molecule has 0 aliphatic heterocycles. The lowest BCUT2D eigenvalue weighted by atomic mass is 9.91. The van der Waals surface area contributed by atoms with E-state index < -0.39 is 11.5 Å². The molecule has 0 saturated carbocycles. The minimum Gasteiger partial charge on any atom is -0.480 e. The Labute approximate surface area is 117 Å². The number of benzene rings is 1. The highest BCUT2D eigenvalue weighted by atomic mass is 79.9. The van der Waals surface area contributed by atoms with Crippen molar-refractivity contribution in [3.8, 4) is 0 Å². The molecule has 2 N–H and O–H groups in total. The van der Waals surface area contributed by atoms with E-state index >= 15 is 0 Å². The summed E-state index contributed by atoms with van der Waals surface area (Å²) in [4.78, 5) is 11.4. The minimum atomic E-state index is -0.926. The van der Waals surface area contributed by atoms with Gasteiger partial charge >= 0.3 is 5.97 Å². The molecule has 0 saturated heterocycles. The van der Waals surface area contributed by atoms with Gasteiger partial charge in [-0.25, -0.2) is 4.79 Å². The van der Waals surface area contributed by atoms with Crippen molar-refractivity contribution in [2.45, 2.75) is 39.2 Å². The molecule has 0 fully saturated rings. The largest absolute Gasteiger partial charge is 0.480 e. The Balaban J connectivity index is 2.82. The van der Waals surface area contributed by atoms with E-state index in [1.165, 1.54) is 0 Å². The highest BCUT2D eigenvalue weighted by Crippen LogP contribution is 2.24. The third-order valence-corrected chi connectivity index (χ3v) is 3.43. The van der Waals surface area contributed by atoms with Gasteiger partial charge in [0.25, 0.3) is 0 Å². The molecule has 0 aromatic heterocycles. The first-order chi connectivity index (χ1) is 8.33. The van der Waals surface area contributed by atoms with Crippen molar-refractivity contribution in [1.29, 1.82) is 0 Å². The molecule has 0 aliphatic rings. The Bertz CT molecular complexity index is 420. The monoisotopic (exact) mass is 313 g/mol. The Morgan fingerprint density at radius 1 is 1.50 bits per heavy atom. The molecular formula is C14H20BrNO2. The second-order valence-corrected chi connectivity index (χ2v) is 6.12. The molecule has 0 spiro atoms. The van der Waals surface area contributed by atoms with Crippen LogP contribution in [0.1, 0.15) is 33.6 Å². The fraction of sp³-hybridized carbons (Fsp3) is 0.500. The van der Waals surface area contributed by atoms with Crippen molar-refractivity contribution in [3.05, 3.63) is 28.7 Å². The van der Waals surface area contributed by atoms with Crippen molar-refractivity contribution < 1.29 is 9.90 Å². The van der Waals surface area contributed by atoms with Crippen LogP contribution in [-0.4, -0.2) is 16.6 Å². The topological polar surface area (TPSA) is 49.3 Å². The Hall–Kier alpha value is -1.03. The average molecular weight is 314 g/mol. The molecule has 100 valence electrons.